The van der Waals surface area contributed by atoms with E-state index in [2.05, 4.69) is 5.32 Å². The summed E-state index contributed by atoms with van der Waals surface area (Å²) in [6.45, 7) is 2.49. The number of carbonyl (C=O) groups is 2. The van der Waals surface area contributed by atoms with Gasteiger partial charge >= 0.3 is 0 Å². The van der Waals surface area contributed by atoms with E-state index in [9.17, 15) is 9.59 Å². The summed E-state index contributed by atoms with van der Waals surface area (Å²) in [6.07, 6.45) is 0.763. The zero-order valence-electron chi connectivity index (χ0n) is 11.5. The molecule has 1 atom stereocenters. The second-order valence-electron chi connectivity index (χ2n) is 4.40. The predicted molar refractivity (Wildman–Crippen MR) is 86.6 cm³/mol. The Morgan fingerprint density at radius 3 is 2.50 bits per heavy atom. The van der Waals surface area contributed by atoms with E-state index >= 15 is 0 Å². The van der Waals surface area contributed by atoms with Gasteiger partial charge in [-0.05, 0) is 13.3 Å². The van der Waals surface area contributed by atoms with E-state index in [0.29, 0.717) is 23.6 Å². The standard InChI is InChI=1S/C14H20N2O2S.ClH/c1-11(15)7-8-16-14(18)10-19-9-13(17)12-5-3-2-4-6-12;/h2-6,11H,7-10,15H2,1H3,(H,16,18);1H. The van der Waals surface area contributed by atoms with Crippen molar-refractivity contribution in [3.63, 3.8) is 0 Å². The molecule has 3 N–H and O–H groups in total. The van der Waals surface area contributed by atoms with Crippen LogP contribution >= 0.6 is 24.2 Å². The van der Waals surface area contributed by atoms with Crippen molar-refractivity contribution in [3.05, 3.63) is 35.9 Å². The highest BCUT2D eigenvalue weighted by Crippen LogP contribution is 2.06. The number of benzene rings is 1. The molecule has 0 heterocycles. The number of hydrogen-bond acceptors (Lipinski definition) is 4. The molecule has 1 aromatic rings. The number of nitrogens with one attached hydrogen (secondary N) is 1. The number of ketones is 1. The Kier molecular flexibility index (Phi) is 10.2. The SMILES string of the molecule is CC(N)CCNC(=O)CSCC(=O)c1ccccc1.Cl. The molecule has 1 rings (SSSR count). The molecule has 4 nitrogen and oxygen atoms in total. The number of Topliss-reactive ketones (excluding diaryl/α,β-unsaturated/α-hetero) is 1. The zero-order valence-corrected chi connectivity index (χ0v) is 13.1. The van der Waals surface area contributed by atoms with Crippen molar-refractivity contribution >= 4 is 35.9 Å². The fourth-order valence-corrected chi connectivity index (χ4v) is 2.18. The van der Waals surface area contributed by atoms with Crippen molar-refractivity contribution in [2.24, 2.45) is 5.73 Å². The monoisotopic (exact) mass is 316 g/mol. The second kappa shape index (κ2) is 10.7. The molecule has 1 aromatic carbocycles. The van der Waals surface area contributed by atoms with E-state index in [0.717, 1.165) is 6.42 Å². The molecule has 0 saturated heterocycles. The van der Waals surface area contributed by atoms with Gasteiger partial charge in [-0.15, -0.1) is 24.2 Å². The maximum absolute atomic E-state index is 11.8. The minimum Gasteiger partial charge on any atom is -0.355 e. The largest absolute Gasteiger partial charge is 0.355 e. The molecule has 1 amide bonds. The molecule has 0 aliphatic heterocycles. The van der Waals surface area contributed by atoms with Crippen LogP contribution in [0.5, 0.6) is 0 Å². The highest BCUT2D eigenvalue weighted by atomic mass is 35.5. The third-order valence-electron chi connectivity index (χ3n) is 2.48. The normalized spacial score (nSPS) is 11.3. The highest BCUT2D eigenvalue weighted by molar-refractivity contribution is 8.00. The summed E-state index contributed by atoms with van der Waals surface area (Å²) in [4.78, 5) is 23.2. The quantitative estimate of drug-likeness (QED) is 0.718. The lowest BCUT2D eigenvalue weighted by Crippen LogP contribution is -2.30. The fraction of sp³-hybridized carbons (Fsp3) is 0.429. The Labute approximate surface area is 130 Å². The van der Waals surface area contributed by atoms with E-state index in [1.807, 2.05) is 25.1 Å². The third-order valence-corrected chi connectivity index (χ3v) is 3.42. The molecule has 112 valence electrons. The highest BCUT2D eigenvalue weighted by Gasteiger charge is 2.07. The lowest BCUT2D eigenvalue weighted by atomic mass is 10.2. The van der Waals surface area contributed by atoms with Crippen LogP contribution in [-0.4, -0.2) is 35.8 Å². The van der Waals surface area contributed by atoms with Crippen LogP contribution in [0.3, 0.4) is 0 Å². The first kappa shape index (κ1) is 19.0. The van der Waals surface area contributed by atoms with E-state index < -0.39 is 0 Å². The van der Waals surface area contributed by atoms with Crippen LogP contribution in [-0.2, 0) is 4.79 Å². The van der Waals surface area contributed by atoms with Crippen molar-refractivity contribution in [3.8, 4) is 0 Å². The van der Waals surface area contributed by atoms with Gasteiger partial charge in [-0.2, -0.15) is 0 Å². The van der Waals surface area contributed by atoms with Gasteiger partial charge in [-0.3, -0.25) is 9.59 Å². The molecule has 0 aromatic heterocycles. The lowest BCUT2D eigenvalue weighted by molar-refractivity contribution is -0.118. The molecule has 0 aliphatic carbocycles. The van der Waals surface area contributed by atoms with Gasteiger partial charge in [0.2, 0.25) is 5.91 Å². The molecule has 6 heteroatoms. The number of amides is 1. The molecule has 0 radical (unpaired) electrons. The molecular formula is C14H21ClN2O2S. The molecular weight excluding hydrogens is 296 g/mol. The summed E-state index contributed by atoms with van der Waals surface area (Å²) < 4.78 is 0. The van der Waals surface area contributed by atoms with Crippen molar-refractivity contribution in [2.45, 2.75) is 19.4 Å². The molecule has 0 saturated carbocycles. The smallest absolute Gasteiger partial charge is 0.230 e. The van der Waals surface area contributed by atoms with Gasteiger partial charge in [0.05, 0.1) is 11.5 Å². The van der Waals surface area contributed by atoms with E-state index in [4.69, 9.17) is 5.73 Å². The van der Waals surface area contributed by atoms with E-state index in [1.165, 1.54) is 11.8 Å². The summed E-state index contributed by atoms with van der Waals surface area (Å²) in [5, 5.41) is 2.78. The maximum atomic E-state index is 11.8. The van der Waals surface area contributed by atoms with Crippen molar-refractivity contribution in [1.82, 2.24) is 5.32 Å². The summed E-state index contributed by atoms with van der Waals surface area (Å²) in [7, 11) is 0. The van der Waals surface area contributed by atoms with Crippen LogP contribution in [0.15, 0.2) is 30.3 Å². The van der Waals surface area contributed by atoms with Gasteiger partial charge in [0.25, 0.3) is 0 Å². The first-order valence-electron chi connectivity index (χ1n) is 6.28. The second-order valence-corrected chi connectivity index (χ2v) is 5.38. The summed E-state index contributed by atoms with van der Waals surface area (Å²) in [5.41, 5.74) is 6.27. The van der Waals surface area contributed by atoms with Gasteiger partial charge in [-0.25, -0.2) is 0 Å². The Balaban J connectivity index is 0.00000361. The molecule has 0 spiro atoms. The molecule has 0 bridgehead atoms. The first-order chi connectivity index (χ1) is 9.09. The first-order valence-corrected chi connectivity index (χ1v) is 7.43. The third kappa shape index (κ3) is 8.19. The fourth-order valence-electron chi connectivity index (χ4n) is 1.43. The van der Waals surface area contributed by atoms with Gasteiger partial charge in [0.15, 0.2) is 5.78 Å². The van der Waals surface area contributed by atoms with Crippen LogP contribution in [0.2, 0.25) is 0 Å². The van der Waals surface area contributed by atoms with Crippen LogP contribution in [0, 0.1) is 0 Å². The minimum absolute atomic E-state index is 0. The molecule has 20 heavy (non-hydrogen) atoms. The van der Waals surface area contributed by atoms with Gasteiger partial charge in [-0.1, -0.05) is 30.3 Å². The zero-order chi connectivity index (χ0) is 14.1. The topological polar surface area (TPSA) is 72.2 Å². The average Bonchev–Trinajstić information content (AvgIpc) is 2.39. The number of nitrogens with two attached hydrogens (primary N) is 1. The maximum Gasteiger partial charge on any atom is 0.230 e. The number of hydrogen-bond donors (Lipinski definition) is 2. The number of thioether (sulfide) groups is 1. The van der Waals surface area contributed by atoms with E-state index in [1.54, 1.807) is 12.1 Å². The Bertz CT molecular complexity index is 413. The Hall–Kier alpha value is -1.04. The summed E-state index contributed by atoms with van der Waals surface area (Å²) >= 11 is 1.33. The summed E-state index contributed by atoms with van der Waals surface area (Å²) in [5.74, 6) is 0.628. The van der Waals surface area contributed by atoms with Crippen molar-refractivity contribution in [1.29, 1.82) is 0 Å². The predicted octanol–water partition coefficient (Wildman–Crippen LogP) is 1.88. The van der Waals surface area contributed by atoms with Gasteiger partial charge < -0.3 is 11.1 Å². The average molecular weight is 317 g/mol. The Morgan fingerprint density at radius 2 is 1.90 bits per heavy atom. The number of carbonyl (C=O) groups excluding carboxylic acids is 2. The van der Waals surface area contributed by atoms with Gasteiger partial charge in [0.1, 0.15) is 0 Å². The molecule has 0 aliphatic rings. The number of halogens is 1. The van der Waals surface area contributed by atoms with Crippen LogP contribution in [0.1, 0.15) is 23.7 Å². The molecule has 1 unspecified atom stereocenters. The lowest BCUT2D eigenvalue weighted by Gasteiger charge is -2.07. The summed E-state index contributed by atoms with van der Waals surface area (Å²) in [6, 6.07) is 9.19. The van der Waals surface area contributed by atoms with Crippen LogP contribution in [0.25, 0.3) is 0 Å². The van der Waals surface area contributed by atoms with Gasteiger partial charge in [0, 0.05) is 18.2 Å². The number of rotatable bonds is 8. The molecule has 0 fully saturated rings. The van der Waals surface area contributed by atoms with Crippen molar-refractivity contribution in [2.75, 3.05) is 18.1 Å². The Morgan fingerprint density at radius 1 is 1.25 bits per heavy atom. The van der Waals surface area contributed by atoms with Crippen LogP contribution in [0.4, 0.5) is 0 Å². The van der Waals surface area contributed by atoms with Crippen LogP contribution < -0.4 is 11.1 Å². The van der Waals surface area contributed by atoms with E-state index in [-0.39, 0.29) is 30.1 Å². The van der Waals surface area contributed by atoms with Crippen molar-refractivity contribution < 1.29 is 9.59 Å². The minimum atomic E-state index is -0.0495.